The first-order valence-electron chi connectivity index (χ1n) is 8.72. The normalized spacial score (nSPS) is 27.1. The van der Waals surface area contributed by atoms with Gasteiger partial charge in [-0.1, -0.05) is 42.0 Å². The van der Waals surface area contributed by atoms with E-state index in [0.717, 1.165) is 37.8 Å². The minimum atomic E-state index is -0.0512. The molecular formula is C21H23NO2. The molecule has 4 rings (SSSR count). The predicted molar refractivity (Wildman–Crippen MR) is 95.4 cm³/mol. The van der Waals surface area contributed by atoms with Crippen molar-refractivity contribution in [2.45, 2.75) is 25.6 Å². The third-order valence-corrected chi connectivity index (χ3v) is 5.39. The second kappa shape index (κ2) is 6.50. The van der Waals surface area contributed by atoms with Crippen molar-refractivity contribution in [2.75, 3.05) is 20.1 Å². The number of likely N-dealkylation sites (tertiary alicyclic amines) is 1. The summed E-state index contributed by atoms with van der Waals surface area (Å²) in [6.07, 6.45) is 9.18. The van der Waals surface area contributed by atoms with Crippen LogP contribution in [0, 0.1) is 5.92 Å². The average molecular weight is 321 g/mol. The molecule has 2 atom stereocenters. The van der Waals surface area contributed by atoms with Gasteiger partial charge in [-0.15, -0.1) is 0 Å². The first kappa shape index (κ1) is 15.6. The van der Waals surface area contributed by atoms with Crippen LogP contribution in [0.25, 0.3) is 5.57 Å². The van der Waals surface area contributed by atoms with E-state index < -0.39 is 0 Å². The van der Waals surface area contributed by atoms with E-state index in [1.165, 1.54) is 16.7 Å². The molecule has 0 N–H and O–H groups in total. The zero-order chi connectivity index (χ0) is 16.5. The van der Waals surface area contributed by atoms with Crippen LogP contribution in [0.3, 0.4) is 0 Å². The maximum absolute atomic E-state index is 11.2. The molecule has 124 valence electrons. The number of rotatable bonds is 1. The van der Waals surface area contributed by atoms with E-state index in [1.807, 2.05) is 12.2 Å². The van der Waals surface area contributed by atoms with Gasteiger partial charge in [0, 0.05) is 24.6 Å². The van der Waals surface area contributed by atoms with Crippen LogP contribution in [0.2, 0.25) is 0 Å². The Kier molecular flexibility index (Phi) is 4.21. The van der Waals surface area contributed by atoms with Gasteiger partial charge in [0.2, 0.25) is 0 Å². The fraction of sp³-hybridized carbons (Fsp3) is 0.381. The minimum Gasteiger partial charge on any atom is -0.368 e. The smallest absolute Gasteiger partial charge is 0.149 e. The van der Waals surface area contributed by atoms with E-state index in [0.29, 0.717) is 6.61 Å². The Morgan fingerprint density at radius 1 is 1.21 bits per heavy atom. The lowest BCUT2D eigenvalue weighted by atomic mass is 9.79. The summed E-state index contributed by atoms with van der Waals surface area (Å²) < 4.78 is 6.18. The van der Waals surface area contributed by atoms with E-state index in [2.05, 4.69) is 42.3 Å². The van der Waals surface area contributed by atoms with Gasteiger partial charge in [0.15, 0.2) is 0 Å². The second-order valence-electron chi connectivity index (χ2n) is 6.92. The van der Waals surface area contributed by atoms with E-state index in [9.17, 15) is 4.79 Å². The lowest BCUT2D eigenvalue weighted by molar-refractivity contribution is -0.104. The molecule has 3 heteroatoms. The summed E-state index contributed by atoms with van der Waals surface area (Å²) >= 11 is 0. The molecule has 0 saturated carbocycles. The van der Waals surface area contributed by atoms with E-state index in [-0.39, 0.29) is 12.0 Å². The molecule has 1 aliphatic carbocycles. The fourth-order valence-electron chi connectivity index (χ4n) is 4.02. The average Bonchev–Trinajstić information content (AvgIpc) is 2.79. The highest BCUT2D eigenvalue weighted by Crippen LogP contribution is 2.41. The molecule has 0 radical (unpaired) electrons. The third kappa shape index (κ3) is 2.79. The predicted octanol–water partition coefficient (Wildman–Crippen LogP) is 3.38. The second-order valence-corrected chi connectivity index (χ2v) is 6.92. The van der Waals surface area contributed by atoms with Gasteiger partial charge in [0.25, 0.3) is 0 Å². The maximum atomic E-state index is 11.2. The van der Waals surface area contributed by atoms with Crippen molar-refractivity contribution in [1.82, 2.24) is 4.90 Å². The van der Waals surface area contributed by atoms with Gasteiger partial charge in [0.1, 0.15) is 6.29 Å². The molecular weight excluding hydrogens is 298 g/mol. The van der Waals surface area contributed by atoms with Crippen molar-refractivity contribution < 1.29 is 9.53 Å². The summed E-state index contributed by atoms with van der Waals surface area (Å²) in [5.41, 5.74) is 6.28. The van der Waals surface area contributed by atoms with Gasteiger partial charge in [-0.2, -0.15) is 0 Å². The number of benzene rings is 1. The van der Waals surface area contributed by atoms with E-state index in [1.54, 1.807) is 5.57 Å². The number of aldehydes is 1. The third-order valence-electron chi connectivity index (χ3n) is 5.39. The molecule has 2 aliphatic heterocycles. The molecule has 0 amide bonds. The Morgan fingerprint density at radius 2 is 2.00 bits per heavy atom. The molecule has 1 aromatic rings. The molecule has 3 aliphatic rings. The van der Waals surface area contributed by atoms with Gasteiger partial charge in [-0.05, 0) is 42.7 Å². The van der Waals surface area contributed by atoms with Crippen molar-refractivity contribution in [3.05, 3.63) is 64.8 Å². The van der Waals surface area contributed by atoms with Crippen molar-refractivity contribution in [2.24, 2.45) is 5.92 Å². The first-order chi connectivity index (χ1) is 11.8. The zero-order valence-electron chi connectivity index (χ0n) is 14.1. The molecule has 3 nitrogen and oxygen atoms in total. The van der Waals surface area contributed by atoms with Crippen LogP contribution < -0.4 is 0 Å². The molecule has 0 spiro atoms. The molecule has 2 heterocycles. The van der Waals surface area contributed by atoms with Crippen LogP contribution >= 0.6 is 0 Å². The number of ether oxygens (including phenoxy) is 1. The first-order valence-corrected chi connectivity index (χ1v) is 8.72. The molecule has 1 saturated heterocycles. The molecule has 24 heavy (non-hydrogen) atoms. The fourth-order valence-corrected chi connectivity index (χ4v) is 4.02. The lowest BCUT2D eigenvalue weighted by Crippen LogP contribution is -2.29. The Bertz CT molecular complexity index is 734. The molecule has 0 bridgehead atoms. The Balaban J connectivity index is 1.83. The Morgan fingerprint density at radius 3 is 2.79 bits per heavy atom. The van der Waals surface area contributed by atoms with Gasteiger partial charge in [0.05, 0.1) is 12.7 Å². The van der Waals surface area contributed by atoms with Crippen molar-refractivity contribution in [1.29, 1.82) is 0 Å². The Hall–Kier alpha value is -1.97. The maximum Gasteiger partial charge on any atom is 0.149 e. The van der Waals surface area contributed by atoms with Crippen LogP contribution in [-0.4, -0.2) is 37.4 Å². The molecule has 2 unspecified atom stereocenters. The van der Waals surface area contributed by atoms with Crippen molar-refractivity contribution >= 4 is 11.9 Å². The quantitative estimate of drug-likeness (QED) is 0.743. The largest absolute Gasteiger partial charge is 0.368 e. The van der Waals surface area contributed by atoms with Crippen LogP contribution in [0.1, 0.15) is 24.0 Å². The van der Waals surface area contributed by atoms with Crippen molar-refractivity contribution in [3.8, 4) is 0 Å². The zero-order valence-corrected chi connectivity index (χ0v) is 14.1. The van der Waals surface area contributed by atoms with E-state index in [4.69, 9.17) is 4.74 Å². The van der Waals surface area contributed by atoms with Gasteiger partial charge in [-0.25, -0.2) is 0 Å². The summed E-state index contributed by atoms with van der Waals surface area (Å²) in [6, 6.07) is 8.59. The number of allylic oxidation sites excluding steroid dienone is 2. The molecule has 1 aromatic carbocycles. The van der Waals surface area contributed by atoms with Crippen molar-refractivity contribution in [3.63, 3.8) is 0 Å². The van der Waals surface area contributed by atoms with Gasteiger partial charge >= 0.3 is 0 Å². The van der Waals surface area contributed by atoms with Crippen LogP contribution in [0.4, 0.5) is 0 Å². The summed E-state index contributed by atoms with van der Waals surface area (Å²) in [6.45, 7) is 2.82. The number of fused-ring (bicyclic) bond motifs is 2. The van der Waals surface area contributed by atoms with Crippen LogP contribution in [-0.2, 0) is 16.1 Å². The summed E-state index contributed by atoms with van der Waals surface area (Å²) in [5, 5.41) is 0. The number of hydrogen-bond donors (Lipinski definition) is 0. The van der Waals surface area contributed by atoms with Crippen LogP contribution in [0.15, 0.2) is 53.6 Å². The summed E-state index contributed by atoms with van der Waals surface area (Å²) in [4.78, 5) is 13.6. The lowest BCUT2D eigenvalue weighted by Gasteiger charge is -2.31. The summed E-state index contributed by atoms with van der Waals surface area (Å²) in [7, 11) is 2.19. The number of carbonyl (C=O) groups is 1. The summed E-state index contributed by atoms with van der Waals surface area (Å²) in [5.74, 6) is 0.204. The number of piperidine rings is 1. The molecule has 1 fully saturated rings. The SMILES string of the molecule is CN1CCC(=C2c3ccccc3COC3C=C(C=O)C=CC23)CC1. The highest BCUT2D eigenvalue weighted by Gasteiger charge is 2.32. The van der Waals surface area contributed by atoms with Crippen LogP contribution in [0.5, 0.6) is 0 Å². The van der Waals surface area contributed by atoms with Gasteiger partial charge < -0.3 is 9.64 Å². The standard InChI is InChI=1S/C21H23NO2/c1-22-10-8-16(9-11-22)21-18-5-3-2-4-17(18)14-24-20-12-15(13-23)6-7-19(20)21/h2-7,12-13,19-20H,8-11,14H2,1H3. The molecule has 0 aromatic heterocycles. The van der Waals surface area contributed by atoms with Gasteiger partial charge in [-0.3, -0.25) is 4.79 Å². The minimum absolute atomic E-state index is 0.0512. The monoisotopic (exact) mass is 321 g/mol. The number of hydrogen-bond acceptors (Lipinski definition) is 3. The van der Waals surface area contributed by atoms with E-state index >= 15 is 0 Å². The number of carbonyl (C=O) groups excluding carboxylic acids is 1. The topological polar surface area (TPSA) is 29.5 Å². The number of nitrogens with zero attached hydrogens (tertiary/aromatic N) is 1. The highest BCUT2D eigenvalue weighted by molar-refractivity contribution is 5.81. The highest BCUT2D eigenvalue weighted by atomic mass is 16.5. The Labute approximate surface area is 143 Å².